The zero-order valence-electron chi connectivity index (χ0n) is 35.4. The Bertz CT molecular complexity index is 1030. The first-order valence-electron chi connectivity index (χ1n) is 21.7. The van der Waals surface area contributed by atoms with Crippen molar-refractivity contribution in [2.45, 2.75) is 187 Å². The molecule has 54 heavy (non-hydrogen) atoms. The minimum Gasteiger partial charge on any atom is -0.544 e. The van der Waals surface area contributed by atoms with E-state index in [9.17, 15) is 19.5 Å². The van der Waals surface area contributed by atoms with Crippen LogP contribution in [0.3, 0.4) is 0 Å². The van der Waals surface area contributed by atoms with Crippen LogP contribution in [0.1, 0.15) is 174 Å². The molecule has 8 heteroatoms. The molecule has 0 aromatic heterocycles. The predicted molar refractivity (Wildman–Crippen MR) is 222 cm³/mol. The highest BCUT2D eigenvalue weighted by molar-refractivity contribution is 5.70. The minimum absolute atomic E-state index is 0.0187. The van der Waals surface area contributed by atoms with Crippen molar-refractivity contribution in [3.8, 4) is 0 Å². The second kappa shape index (κ2) is 37.2. The van der Waals surface area contributed by atoms with E-state index in [4.69, 9.17) is 14.2 Å². The van der Waals surface area contributed by atoms with Crippen molar-refractivity contribution < 1.29 is 38.2 Å². The maximum Gasteiger partial charge on any atom is 0.306 e. The van der Waals surface area contributed by atoms with Gasteiger partial charge in [-0.2, -0.15) is 0 Å². The largest absolute Gasteiger partial charge is 0.544 e. The van der Waals surface area contributed by atoms with E-state index in [2.05, 4.69) is 50.3 Å². The first-order chi connectivity index (χ1) is 26.1. The van der Waals surface area contributed by atoms with Gasteiger partial charge in [-0.25, -0.2) is 0 Å². The van der Waals surface area contributed by atoms with Crippen LogP contribution >= 0.6 is 0 Å². The zero-order chi connectivity index (χ0) is 40.0. The summed E-state index contributed by atoms with van der Waals surface area (Å²) < 4.78 is 17.0. The van der Waals surface area contributed by atoms with Gasteiger partial charge in [-0.05, 0) is 57.8 Å². The van der Waals surface area contributed by atoms with Gasteiger partial charge in [-0.1, -0.05) is 146 Å². The van der Waals surface area contributed by atoms with Gasteiger partial charge >= 0.3 is 11.9 Å². The van der Waals surface area contributed by atoms with Gasteiger partial charge in [0.2, 0.25) is 0 Å². The summed E-state index contributed by atoms with van der Waals surface area (Å²) in [7, 11) is 5.37. The van der Waals surface area contributed by atoms with Gasteiger partial charge in [0.25, 0.3) is 0 Å². The maximum atomic E-state index is 12.7. The van der Waals surface area contributed by atoms with Crippen LogP contribution in [0.25, 0.3) is 0 Å². The van der Waals surface area contributed by atoms with Crippen molar-refractivity contribution >= 4 is 17.9 Å². The molecule has 0 aliphatic heterocycles. The molecule has 0 aliphatic carbocycles. The van der Waals surface area contributed by atoms with Crippen LogP contribution < -0.4 is 5.11 Å². The number of allylic oxidation sites excluding steroid dienone is 8. The molecule has 0 amide bonds. The third kappa shape index (κ3) is 35.0. The Morgan fingerprint density at radius 3 is 1.59 bits per heavy atom. The molecule has 0 N–H and O–H groups in total. The summed E-state index contributed by atoms with van der Waals surface area (Å²) in [4.78, 5) is 36.6. The Hall–Kier alpha value is -2.71. The lowest BCUT2D eigenvalue weighted by Crippen LogP contribution is -2.55. The van der Waals surface area contributed by atoms with E-state index in [1.165, 1.54) is 83.5 Å². The van der Waals surface area contributed by atoms with Gasteiger partial charge in [-0.3, -0.25) is 9.59 Å². The molecule has 2 atom stereocenters. The number of nitrogens with zero attached hydrogens (tertiary/aromatic N) is 1. The van der Waals surface area contributed by atoms with Gasteiger partial charge in [0, 0.05) is 19.3 Å². The van der Waals surface area contributed by atoms with E-state index in [-0.39, 0.29) is 49.1 Å². The molecule has 8 nitrogen and oxygen atoms in total. The van der Waals surface area contributed by atoms with Gasteiger partial charge in [0.1, 0.15) is 12.6 Å². The number of ether oxygens (including phenoxy) is 3. The number of likely N-dealkylation sites (N-methyl/N-ethyl adjacent to an activating group) is 1. The fraction of sp³-hybridized carbons (Fsp3) is 0.761. The van der Waals surface area contributed by atoms with E-state index in [1.54, 1.807) is 21.1 Å². The number of carbonyl (C=O) groups is 3. The van der Waals surface area contributed by atoms with Crippen molar-refractivity contribution in [3.05, 3.63) is 48.6 Å². The number of carbonyl (C=O) groups excluding carboxylic acids is 3. The van der Waals surface area contributed by atoms with Crippen LogP contribution in [0.15, 0.2) is 48.6 Å². The highest BCUT2D eigenvalue weighted by Crippen LogP contribution is 2.13. The topological polar surface area (TPSA) is 102 Å². The molecule has 0 saturated heterocycles. The SMILES string of the molecule is CC/C=C/C/C=C/CCC(=O)OCC(COCCC(C(=O)[O-])[N+](C)(C)C)OC(=O)CCCCCCCCC/C=C/C/C=C/CCCCCCCCCCC. The summed E-state index contributed by atoms with van der Waals surface area (Å²) in [5.74, 6) is -1.84. The quantitative estimate of drug-likeness (QED) is 0.0267. The summed E-state index contributed by atoms with van der Waals surface area (Å²) in [5, 5.41) is 11.6. The molecule has 0 aromatic rings. The van der Waals surface area contributed by atoms with Gasteiger partial charge in [-0.15, -0.1) is 0 Å². The Labute approximate surface area is 331 Å². The molecule has 0 radical (unpaired) electrons. The van der Waals surface area contributed by atoms with E-state index < -0.39 is 18.1 Å². The normalized spacial score (nSPS) is 13.4. The molecule has 0 fully saturated rings. The lowest BCUT2D eigenvalue weighted by molar-refractivity contribution is -0.889. The molecule has 0 saturated carbocycles. The number of unbranched alkanes of at least 4 members (excludes halogenated alkanes) is 16. The Balaban J connectivity index is 4.21. The van der Waals surface area contributed by atoms with Crippen LogP contribution in [0.5, 0.6) is 0 Å². The second-order valence-electron chi connectivity index (χ2n) is 15.5. The van der Waals surface area contributed by atoms with E-state index in [0.717, 1.165) is 51.4 Å². The highest BCUT2D eigenvalue weighted by atomic mass is 16.6. The smallest absolute Gasteiger partial charge is 0.306 e. The number of rotatable bonds is 38. The zero-order valence-corrected chi connectivity index (χ0v) is 35.4. The lowest BCUT2D eigenvalue weighted by atomic mass is 10.1. The van der Waals surface area contributed by atoms with Crippen LogP contribution in [0, 0.1) is 0 Å². The molecule has 0 aliphatic rings. The van der Waals surface area contributed by atoms with Crippen LogP contribution in [-0.2, 0) is 28.6 Å². The van der Waals surface area contributed by atoms with Crippen LogP contribution in [0.4, 0.5) is 0 Å². The number of aliphatic carboxylic acids is 1. The maximum absolute atomic E-state index is 12.7. The summed E-state index contributed by atoms with van der Waals surface area (Å²) in [6, 6.07) is -0.734. The van der Waals surface area contributed by atoms with Crippen molar-refractivity contribution in [2.75, 3.05) is 41.0 Å². The van der Waals surface area contributed by atoms with Gasteiger partial charge < -0.3 is 28.6 Å². The number of hydrogen-bond acceptors (Lipinski definition) is 7. The third-order valence-corrected chi connectivity index (χ3v) is 9.46. The monoisotopic (exact) mass is 760 g/mol. The summed E-state index contributed by atoms with van der Waals surface area (Å²) in [6.07, 6.45) is 43.3. The minimum atomic E-state index is -1.14. The molecule has 0 aromatic carbocycles. The lowest BCUT2D eigenvalue weighted by Gasteiger charge is -2.34. The number of quaternary nitrogens is 1. The van der Waals surface area contributed by atoms with E-state index >= 15 is 0 Å². The van der Waals surface area contributed by atoms with Crippen molar-refractivity contribution in [3.63, 3.8) is 0 Å². The Morgan fingerprint density at radius 2 is 1.07 bits per heavy atom. The number of carboxylic acid groups (broad SMARTS) is 1. The number of hydrogen-bond donors (Lipinski definition) is 0. The van der Waals surface area contributed by atoms with Gasteiger partial charge in [0.15, 0.2) is 6.10 Å². The molecule has 2 unspecified atom stereocenters. The van der Waals surface area contributed by atoms with E-state index in [1.807, 2.05) is 12.2 Å². The average Bonchev–Trinajstić information content (AvgIpc) is 3.12. The Morgan fingerprint density at radius 1 is 0.574 bits per heavy atom. The summed E-state index contributed by atoms with van der Waals surface area (Å²) in [5.41, 5.74) is 0. The number of esters is 2. The van der Waals surface area contributed by atoms with E-state index in [0.29, 0.717) is 12.8 Å². The van der Waals surface area contributed by atoms with Crippen molar-refractivity contribution in [2.24, 2.45) is 0 Å². The molecular weight excluding hydrogens is 679 g/mol. The summed E-state index contributed by atoms with van der Waals surface area (Å²) in [6.45, 7) is 4.43. The van der Waals surface area contributed by atoms with Crippen LogP contribution in [-0.4, -0.2) is 75.5 Å². The fourth-order valence-corrected chi connectivity index (χ4v) is 6.10. The first-order valence-corrected chi connectivity index (χ1v) is 21.7. The third-order valence-electron chi connectivity index (χ3n) is 9.46. The second-order valence-corrected chi connectivity index (χ2v) is 15.5. The molecule has 0 heterocycles. The average molecular weight is 760 g/mol. The van der Waals surface area contributed by atoms with Crippen molar-refractivity contribution in [1.29, 1.82) is 0 Å². The molecule has 0 bridgehead atoms. The standard InChI is InChI=1S/C46H81NO7/c1-6-8-10-12-14-15-16-17-18-19-20-21-22-23-24-25-26-27-28-29-31-33-35-37-45(49)54-42(40-52-39-38-43(46(50)51)47(3,4)5)41-53-44(48)36-34-32-30-13-11-9-7-2/h9,11,20-21,23-24,30,32,42-43H,6-8,10,12-19,22,25-29,31,33-41H2,1-5H3/b11-9+,21-20+,24-23+,32-30+. The number of carboxylic acids is 1. The Kier molecular flexibility index (Phi) is 35.4. The molecule has 0 rings (SSSR count). The fourth-order valence-electron chi connectivity index (χ4n) is 6.10. The highest BCUT2D eigenvalue weighted by Gasteiger charge is 2.25. The molecule has 312 valence electrons. The molecule has 0 spiro atoms. The van der Waals surface area contributed by atoms with Crippen LogP contribution in [0.2, 0.25) is 0 Å². The predicted octanol–water partition coefficient (Wildman–Crippen LogP) is 10.3. The van der Waals surface area contributed by atoms with Gasteiger partial charge in [0.05, 0.1) is 40.3 Å². The molecular formula is C46H81NO7. The first kappa shape index (κ1) is 51.3. The summed E-state index contributed by atoms with van der Waals surface area (Å²) >= 11 is 0. The van der Waals surface area contributed by atoms with Crippen molar-refractivity contribution in [1.82, 2.24) is 0 Å².